The lowest BCUT2D eigenvalue weighted by molar-refractivity contribution is 0.466. The molecule has 0 aliphatic rings. The molecule has 0 unspecified atom stereocenters. The Balaban J connectivity index is 2.04. The van der Waals surface area contributed by atoms with Crippen LogP contribution in [0.25, 0.3) is 11.4 Å². The molecule has 1 N–H and O–H groups in total. The van der Waals surface area contributed by atoms with Gasteiger partial charge in [-0.3, -0.25) is 0 Å². The van der Waals surface area contributed by atoms with Crippen molar-refractivity contribution in [3.63, 3.8) is 0 Å². The number of rotatable bonds is 3. The lowest BCUT2D eigenvalue weighted by Gasteiger charge is -2.11. The molecule has 5 heteroatoms. The lowest BCUT2D eigenvalue weighted by atomic mass is 10.1. The summed E-state index contributed by atoms with van der Waals surface area (Å²) in [5.41, 5.74) is 0.990. The molecule has 106 valence electrons. The Kier molecular flexibility index (Phi) is 3.62. The Hall–Kier alpha value is -2.33. The molecule has 1 aromatic heterocycles. The van der Waals surface area contributed by atoms with Gasteiger partial charge in [-0.2, -0.15) is 0 Å². The van der Waals surface area contributed by atoms with Crippen LogP contribution in [0.1, 0.15) is 5.56 Å². The standard InChI is InChI=1S/C16H12ClFN2O/c17-12-5-3-6-13(18)15(12)16-19-8-9-20(16)10-11-4-1-2-7-14(11)21/h1-9,21H,10H2. The summed E-state index contributed by atoms with van der Waals surface area (Å²) < 4.78 is 15.8. The van der Waals surface area contributed by atoms with E-state index in [1.807, 2.05) is 12.1 Å². The third-order valence-electron chi connectivity index (χ3n) is 3.23. The van der Waals surface area contributed by atoms with Gasteiger partial charge in [0.25, 0.3) is 0 Å². The van der Waals surface area contributed by atoms with Crippen LogP contribution in [-0.4, -0.2) is 14.7 Å². The number of hydrogen-bond donors (Lipinski definition) is 1. The molecular formula is C16H12ClFN2O. The van der Waals surface area contributed by atoms with E-state index >= 15 is 0 Å². The van der Waals surface area contributed by atoms with Crippen LogP contribution in [0.2, 0.25) is 5.02 Å². The molecule has 21 heavy (non-hydrogen) atoms. The van der Waals surface area contributed by atoms with Gasteiger partial charge in [-0.15, -0.1) is 0 Å². The molecule has 3 rings (SSSR count). The Morgan fingerprint density at radius 2 is 1.95 bits per heavy atom. The van der Waals surface area contributed by atoms with Gasteiger partial charge in [-0.1, -0.05) is 35.9 Å². The highest BCUT2D eigenvalue weighted by Crippen LogP contribution is 2.30. The first kappa shape index (κ1) is 13.6. The van der Waals surface area contributed by atoms with Gasteiger partial charge in [0.05, 0.1) is 17.1 Å². The topological polar surface area (TPSA) is 38.0 Å². The van der Waals surface area contributed by atoms with E-state index in [1.54, 1.807) is 41.2 Å². The van der Waals surface area contributed by atoms with Crippen LogP contribution >= 0.6 is 11.6 Å². The lowest BCUT2D eigenvalue weighted by Crippen LogP contribution is -2.02. The van der Waals surface area contributed by atoms with Crippen molar-refractivity contribution in [1.29, 1.82) is 0 Å². The van der Waals surface area contributed by atoms with E-state index in [9.17, 15) is 9.50 Å². The number of benzene rings is 2. The number of para-hydroxylation sites is 1. The van der Waals surface area contributed by atoms with Crippen molar-refractivity contribution in [2.24, 2.45) is 0 Å². The fourth-order valence-corrected chi connectivity index (χ4v) is 2.45. The number of hydrogen-bond acceptors (Lipinski definition) is 2. The average molecular weight is 303 g/mol. The summed E-state index contributed by atoms with van der Waals surface area (Å²) in [7, 11) is 0. The van der Waals surface area contributed by atoms with Crippen LogP contribution in [0.4, 0.5) is 4.39 Å². The van der Waals surface area contributed by atoms with E-state index in [0.717, 1.165) is 5.56 Å². The highest BCUT2D eigenvalue weighted by molar-refractivity contribution is 6.33. The van der Waals surface area contributed by atoms with Crippen molar-refractivity contribution < 1.29 is 9.50 Å². The van der Waals surface area contributed by atoms with Crippen LogP contribution in [0.5, 0.6) is 5.75 Å². The second-order valence-corrected chi connectivity index (χ2v) is 5.01. The number of aromatic nitrogens is 2. The summed E-state index contributed by atoms with van der Waals surface area (Å²) >= 11 is 6.08. The maximum absolute atomic E-state index is 14.0. The molecule has 0 atom stereocenters. The monoisotopic (exact) mass is 302 g/mol. The number of phenols is 1. The van der Waals surface area contributed by atoms with Crippen LogP contribution in [-0.2, 0) is 6.54 Å². The van der Waals surface area contributed by atoms with Crippen LogP contribution in [0, 0.1) is 5.82 Å². The molecule has 0 aliphatic carbocycles. The summed E-state index contributed by atoms with van der Waals surface area (Å²) in [4.78, 5) is 4.19. The third kappa shape index (κ3) is 2.62. The Morgan fingerprint density at radius 1 is 1.14 bits per heavy atom. The van der Waals surface area contributed by atoms with Crippen LogP contribution in [0.15, 0.2) is 54.9 Å². The normalized spacial score (nSPS) is 10.8. The fraction of sp³-hybridized carbons (Fsp3) is 0.0625. The molecule has 3 nitrogen and oxygen atoms in total. The van der Waals surface area contributed by atoms with Gasteiger partial charge < -0.3 is 9.67 Å². The van der Waals surface area contributed by atoms with Gasteiger partial charge in [-0.25, -0.2) is 9.37 Å². The number of aromatic hydroxyl groups is 1. The van der Waals surface area contributed by atoms with E-state index < -0.39 is 5.82 Å². The minimum absolute atomic E-state index is 0.191. The molecule has 0 saturated heterocycles. The molecular weight excluding hydrogens is 291 g/mol. The number of nitrogens with zero attached hydrogens (tertiary/aromatic N) is 2. The summed E-state index contributed by atoms with van der Waals surface area (Å²) in [5.74, 6) is 0.199. The maximum Gasteiger partial charge on any atom is 0.144 e. The van der Waals surface area contributed by atoms with Gasteiger partial charge in [0.2, 0.25) is 0 Å². The number of imidazole rings is 1. The molecule has 0 saturated carbocycles. The molecule has 0 spiro atoms. The molecule has 0 radical (unpaired) electrons. The summed E-state index contributed by atoms with van der Waals surface area (Å²) in [6.45, 7) is 0.382. The van der Waals surface area contributed by atoms with Crippen molar-refractivity contribution in [3.8, 4) is 17.1 Å². The largest absolute Gasteiger partial charge is 0.508 e. The minimum Gasteiger partial charge on any atom is -0.508 e. The first-order valence-electron chi connectivity index (χ1n) is 6.39. The Bertz CT molecular complexity index is 765. The summed E-state index contributed by atoms with van der Waals surface area (Å²) in [6, 6.07) is 11.5. The van der Waals surface area contributed by atoms with E-state index in [4.69, 9.17) is 11.6 Å². The Morgan fingerprint density at radius 3 is 2.71 bits per heavy atom. The van der Waals surface area contributed by atoms with Crippen LogP contribution in [0.3, 0.4) is 0 Å². The first-order chi connectivity index (χ1) is 10.2. The van der Waals surface area contributed by atoms with Gasteiger partial charge in [-0.05, 0) is 18.2 Å². The average Bonchev–Trinajstić information content (AvgIpc) is 2.89. The fourth-order valence-electron chi connectivity index (χ4n) is 2.20. The Labute approximate surface area is 126 Å². The van der Waals surface area contributed by atoms with E-state index in [-0.39, 0.29) is 11.3 Å². The molecule has 0 bridgehead atoms. The van der Waals surface area contributed by atoms with Crippen molar-refractivity contribution in [2.45, 2.75) is 6.54 Å². The minimum atomic E-state index is -0.424. The molecule has 0 amide bonds. The number of phenolic OH excluding ortho intramolecular Hbond substituents is 1. The van der Waals surface area contributed by atoms with Crippen molar-refractivity contribution >= 4 is 11.6 Å². The zero-order chi connectivity index (χ0) is 14.8. The van der Waals surface area contributed by atoms with E-state index in [2.05, 4.69) is 4.98 Å². The highest BCUT2D eigenvalue weighted by Gasteiger charge is 2.15. The molecule has 3 aromatic rings. The quantitative estimate of drug-likeness (QED) is 0.791. The SMILES string of the molecule is Oc1ccccc1Cn1ccnc1-c1c(F)cccc1Cl. The van der Waals surface area contributed by atoms with Gasteiger partial charge in [0.1, 0.15) is 17.4 Å². The zero-order valence-corrected chi connectivity index (χ0v) is 11.8. The molecule has 0 aliphatic heterocycles. The number of halogens is 2. The second-order valence-electron chi connectivity index (χ2n) is 4.60. The van der Waals surface area contributed by atoms with E-state index in [0.29, 0.717) is 17.4 Å². The third-order valence-corrected chi connectivity index (χ3v) is 3.55. The maximum atomic E-state index is 14.0. The predicted octanol–water partition coefficient (Wildman–Crippen LogP) is 4.10. The zero-order valence-electron chi connectivity index (χ0n) is 11.0. The van der Waals surface area contributed by atoms with Gasteiger partial charge in [0.15, 0.2) is 0 Å². The van der Waals surface area contributed by atoms with Crippen LogP contribution < -0.4 is 0 Å². The van der Waals surface area contributed by atoms with Crippen molar-refractivity contribution in [3.05, 3.63) is 71.3 Å². The van der Waals surface area contributed by atoms with Gasteiger partial charge in [0, 0.05) is 18.0 Å². The highest BCUT2D eigenvalue weighted by atomic mass is 35.5. The predicted molar refractivity (Wildman–Crippen MR) is 79.8 cm³/mol. The molecule has 2 aromatic carbocycles. The van der Waals surface area contributed by atoms with Crippen molar-refractivity contribution in [1.82, 2.24) is 9.55 Å². The van der Waals surface area contributed by atoms with Crippen molar-refractivity contribution in [2.75, 3.05) is 0 Å². The summed E-state index contributed by atoms with van der Waals surface area (Å²) in [6.07, 6.45) is 3.31. The molecule has 0 fully saturated rings. The van der Waals surface area contributed by atoms with Gasteiger partial charge >= 0.3 is 0 Å². The summed E-state index contributed by atoms with van der Waals surface area (Å²) in [5, 5.41) is 10.2. The first-order valence-corrected chi connectivity index (χ1v) is 6.77. The smallest absolute Gasteiger partial charge is 0.144 e. The molecule has 1 heterocycles. The second kappa shape index (κ2) is 5.58. The van der Waals surface area contributed by atoms with E-state index in [1.165, 1.54) is 6.07 Å².